The number of H-pyrrole nitrogens is 1. The molecule has 0 saturated heterocycles. The first-order valence-electron chi connectivity index (χ1n) is 4.99. The maximum absolute atomic E-state index is 13.1. The fraction of sp³-hybridized carbons (Fsp3) is 0. The van der Waals surface area contributed by atoms with Crippen LogP contribution in [0.3, 0.4) is 0 Å². The molecule has 84 valence electrons. The number of aromatic nitrogens is 3. The molecule has 0 aliphatic rings. The molecule has 5 heteroatoms. The minimum Gasteiger partial charge on any atom is -0.277 e. The lowest BCUT2D eigenvalue weighted by Gasteiger charge is -1.98. The minimum absolute atomic E-state index is 0.506. The van der Waals surface area contributed by atoms with Gasteiger partial charge < -0.3 is 0 Å². The first-order chi connectivity index (χ1) is 8.24. The van der Waals surface area contributed by atoms with Crippen LogP contribution in [0.5, 0.6) is 0 Å². The van der Waals surface area contributed by atoms with Crippen LogP contribution >= 0.6 is 15.9 Å². The summed E-state index contributed by atoms with van der Waals surface area (Å²) in [5, 5.41) is 8.08. The zero-order valence-electron chi connectivity index (χ0n) is 8.61. The molecule has 2 aromatic heterocycles. The highest BCUT2D eigenvalue weighted by Gasteiger charge is 2.09. The third-order valence-electron chi connectivity index (χ3n) is 2.52. The van der Waals surface area contributed by atoms with Gasteiger partial charge in [0.05, 0.1) is 5.52 Å². The lowest BCUT2D eigenvalue weighted by molar-refractivity contribution is 0.584. The Bertz CT molecular complexity index is 693. The van der Waals surface area contributed by atoms with Crippen molar-refractivity contribution in [3.05, 3.63) is 46.9 Å². The average Bonchev–Trinajstić information content (AvgIpc) is 2.71. The second kappa shape index (κ2) is 3.92. The maximum Gasteiger partial charge on any atom is 0.213 e. The van der Waals surface area contributed by atoms with Crippen molar-refractivity contribution in [3.63, 3.8) is 0 Å². The third kappa shape index (κ3) is 1.82. The molecule has 0 aliphatic heterocycles. The molecule has 0 unspecified atom stereocenters. The van der Waals surface area contributed by atoms with Gasteiger partial charge in [-0.15, -0.1) is 0 Å². The van der Waals surface area contributed by atoms with Crippen molar-refractivity contribution in [2.45, 2.75) is 0 Å². The van der Waals surface area contributed by atoms with Gasteiger partial charge in [-0.1, -0.05) is 15.9 Å². The molecule has 1 N–H and O–H groups in total. The molecule has 0 atom stereocenters. The van der Waals surface area contributed by atoms with Gasteiger partial charge in [0.15, 0.2) is 0 Å². The van der Waals surface area contributed by atoms with Crippen molar-refractivity contribution in [1.82, 2.24) is 15.2 Å². The van der Waals surface area contributed by atoms with E-state index in [9.17, 15) is 4.39 Å². The molecule has 0 radical (unpaired) electrons. The Morgan fingerprint density at radius 1 is 1.18 bits per heavy atom. The van der Waals surface area contributed by atoms with Crippen molar-refractivity contribution in [2.75, 3.05) is 0 Å². The van der Waals surface area contributed by atoms with E-state index in [-0.39, 0.29) is 0 Å². The van der Waals surface area contributed by atoms with Crippen LogP contribution in [-0.4, -0.2) is 15.2 Å². The fourth-order valence-corrected chi connectivity index (χ4v) is 2.12. The molecule has 0 saturated carbocycles. The molecule has 0 spiro atoms. The molecule has 0 amide bonds. The zero-order chi connectivity index (χ0) is 11.8. The quantitative estimate of drug-likeness (QED) is 0.697. The molecule has 0 bridgehead atoms. The fourth-order valence-electron chi connectivity index (χ4n) is 1.76. The summed E-state index contributed by atoms with van der Waals surface area (Å²) in [6.45, 7) is 0. The number of pyridine rings is 1. The number of halogens is 2. The van der Waals surface area contributed by atoms with E-state index >= 15 is 0 Å². The molecule has 3 aromatic rings. The first kappa shape index (κ1) is 10.4. The topological polar surface area (TPSA) is 41.6 Å². The number of fused-ring (bicyclic) bond motifs is 1. The summed E-state index contributed by atoms with van der Waals surface area (Å²) in [6, 6.07) is 8.91. The number of hydrogen-bond donors (Lipinski definition) is 1. The third-order valence-corrected chi connectivity index (χ3v) is 3.02. The van der Waals surface area contributed by atoms with Crippen LogP contribution in [0.1, 0.15) is 0 Å². The number of nitrogens with zero attached hydrogens (tertiary/aromatic N) is 2. The van der Waals surface area contributed by atoms with E-state index in [4.69, 9.17) is 0 Å². The number of benzene rings is 1. The van der Waals surface area contributed by atoms with Gasteiger partial charge in [-0.25, -0.2) is 4.98 Å². The summed E-state index contributed by atoms with van der Waals surface area (Å²) >= 11 is 3.41. The van der Waals surface area contributed by atoms with Crippen LogP contribution < -0.4 is 0 Å². The molecular formula is C12H7BrFN3. The minimum atomic E-state index is -0.506. The second-order valence-corrected chi connectivity index (χ2v) is 4.55. The van der Waals surface area contributed by atoms with Gasteiger partial charge in [-0.3, -0.25) is 5.10 Å². The number of hydrogen-bond acceptors (Lipinski definition) is 2. The van der Waals surface area contributed by atoms with Crippen LogP contribution in [0.15, 0.2) is 41.0 Å². The molecule has 17 heavy (non-hydrogen) atoms. The molecule has 0 aliphatic carbocycles. The number of rotatable bonds is 1. The van der Waals surface area contributed by atoms with Crippen LogP contribution in [0.2, 0.25) is 0 Å². The molecule has 1 aromatic carbocycles. The van der Waals surface area contributed by atoms with Gasteiger partial charge in [-0.2, -0.15) is 9.49 Å². The van der Waals surface area contributed by atoms with E-state index in [1.807, 2.05) is 18.2 Å². The lowest BCUT2D eigenvalue weighted by atomic mass is 10.1. The monoisotopic (exact) mass is 291 g/mol. The Morgan fingerprint density at radius 2 is 2.06 bits per heavy atom. The van der Waals surface area contributed by atoms with Crippen LogP contribution in [0, 0.1) is 5.95 Å². The molecule has 3 nitrogen and oxygen atoms in total. The highest BCUT2D eigenvalue weighted by Crippen LogP contribution is 2.28. The normalized spacial score (nSPS) is 10.9. The van der Waals surface area contributed by atoms with Gasteiger partial charge in [0.25, 0.3) is 0 Å². The number of nitrogens with one attached hydrogen (secondary N) is 1. The van der Waals surface area contributed by atoms with Gasteiger partial charge in [0.1, 0.15) is 5.69 Å². The van der Waals surface area contributed by atoms with Gasteiger partial charge >= 0.3 is 0 Å². The molecule has 2 heterocycles. The maximum atomic E-state index is 13.1. The number of aromatic amines is 1. The zero-order valence-corrected chi connectivity index (χ0v) is 10.2. The summed E-state index contributed by atoms with van der Waals surface area (Å²) < 4.78 is 14.0. The average molecular weight is 292 g/mol. The van der Waals surface area contributed by atoms with E-state index < -0.39 is 5.95 Å². The largest absolute Gasteiger partial charge is 0.277 e. The Balaban J connectivity index is 2.27. The smallest absolute Gasteiger partial charge is 0.213 e. The predicted octanol–water partition coefficient (Wildman–Crippen LogP) is 3.53. The van der Waals surface area contributed by atoms with E-state index in [0.29, 0.717) is 5.56 Å². The predicted molar refractivity (Wildman–Crippen MR) is 67.0 cm³/mol. The highest BCUT2D eigenvalue weighted by atomic mass is 79.9. The van der Waals surface area contributed by atoms with Gasteiger partial charge in [0.2, 0.25) is 5.95 Å². The highest BCUT2D eigenvalue weighted by molar-refractivity contribution is 9.10. The first-order valence-corrected chi connectivity index (χ1v) is 5.79. The van der Waals surface area contributed by atoms with Crippen molar-refractivity contribution in [2.24, 2.45) is 0 Å². The summed E-state index contributed by atoms with van der Waals surface area (Å²) in [4.78, 5) is 3.53. The Kier molecular flexibility index (Phi) is 2.40. The summed E-state index contributed by atoms with van der Waals surface area (Å²) in [6.07, 6.45) is 1.43. The van der Waals surface area contributed by atoms with E-state index in [1.165, 1.54) is 12.3 Å². The SMILES string of the molecule is Fc1cc(-c2n[nH]c3ccc(Br)cc23)ccn1. The van der Waals surface area contributed by atoms with E-state index in [0.717, 1.165) is 21.1 Å². The Hall–Kier alpha value is -1.75. The van der Waals surface area contributed by atoms with Crippen LogP contribution in [-0.2, 0) is 0 Å². The molecule has 0 fully saturated rings. The standard InChI is InChI=1S/C12H7BrFN3/c13-8-1-2-10-9(6-8)12(17-16-10)7-3-4-15-11(14)5-7/h1-6H,(H,16,17). The molecular weight excluding hydrogens is 285 g/mol. The van der Waals surface area contributed by atoms with Crippen LogP contribution in [0.4, 0.5) is 4.39 Å². The van der Waals surface area contributed by atoms with E-state index in [1.54, 1.807) is 6.07 Å². The summed E-state index contributed by atoms with van der Waals surface area (Å²) in [5.74, 6) is -0.506. The van der Waals surface area contributed by atoms with Crippen molar-refractivity contribution in [1.29, 1.82) is 0 Å². The van der Waals surface area contributed by atoms with Crippen molar-refractivity contribution in [3.8, 4) is 11.3 Å². The van der Waals surface area contributed by atoms with E-state index in [2.05, 4.69) is 31.1 Å². The van der Waals surface area contributed by atoms with Crippen molar-refractivity contribution >= 4 is 26.8 Å². The lowest BCUT2D eigenvalue weighted by Crippen LogP contribution is -1.84. The summed E-state index contributed by atoms with van der Waals surface area (Å²) in [7, 11) is 0. The van der Waals surface area contributed by atoms with Crippen LogP contribution in [0.25, 0.3) is 22.2 Å². The molecule has 3 rings (SSSR count). The van der Waals surface area contributed by atoms with Crippen molar-refractivity contribution < 1.29 is 4.39 Å². The Morgan fingerprint density at radius 3 is 2.88 bits per heavy atom. The van der Waals surface area contributed by atoms with Gasteiger partial charge in [0, 0.05) is 27.7 Å². The van der Waals surface area contributed by atoms with Gasteiger partial charge in [-0.05, 0) is 24.3 Å². The summed E-state index contributed by atoms with van der Waals surface area (Å²) in [5.41, 5.74) is 2.35. The second-order valence-electron chi connectivity index (χ2n) is 3.63. The Labute approximate surface area is 105 Å².